The van der Waals surface area contributed by atoms with Gasteiger partial charge < -0.3 is 14.4 Å². The molecule has 1 aromatic heterocycles. The summed E-state index contributed by atoms with van der Waals surface area (Å²) in [6.45, 7) is 6.18. The van der Waals surface area contributed by atoms with Crippen LogP contribution in [0.1, 0.15) is 44.8 Å². The number of ether oxygens (including phenoxy) is 2. The highest BCUT2D eigenvalue weighted by Crippen LogP contribution is 2.37. The van der Waals surface area contributed by atoms with E-state index < -0.39 is 0 Å². The van der Waals surface area contributed by atoms with E-state index >= 15 is 0 Å². The number of pyridine rings is 1. The molecule has 1 N–H and O–H groups in total. The predicted octanol–water partition coefficient (Wildman–Crippen LogP) is 2.55. The number of hydrogen-bond acceptors (Lipinski definition) is 4. The summed E-state index contributed by atoms with van der Waals surface area (Å²) < 4.78 is 11.4. The third kappa shape index (κ3) is 3.41. The molecule has 1 unspecified atom stereocenters. The number of nitrogens with one attached hydrogen (secondary N) is 1. The second-order valence-corrected chi connectivity index (χ2v) is 7.98. The number of nitrogens with zero attached hydrogens (tertiary/aromatic N) is 1. The van der Waals surface area contributed by atoms with Gasteiger partial charge in [0.1, 0.15) is 11.8 Å². The van der Waals surface area contributed by atoms with Gasteiger partial charge in [0.05, 0.1) is 25.7 Å². The molecular weight excluding hydrogens is 340 g/mol. The molecule has 3 saturated heterocycles. The monoisotopic (exact) mass is 369 g/mol. The SMILES string of the molecule is CC[C@@H]1C[NH+]2CC[C@@H]1C[C@@H]2[C@@H](OC(C)=O)c1ccnc2ccc(OC)cc12. The van der Waals surface area contributed by atoms with Crippen LogP contribution in [-0.2, 0) is 9.53 Å². The van der Waals surface area contributed by atoms with Crippen molar-refractivity contribution in [2.24, 2.45) is 11.8 Å². The highest BCUT2D eigenvalue weighted by Gasteiger charge is 2.47. The smallest absolute Gasteiger partial charge is 0.303 e. The van der Waals surface area contributed by atoms with Crippen molar-refractivity contribution in [1.29, 1.82) is 0 Å². The lowest BCUT2D eigenvalue weighted by Gasteiger charge is -2.48. The first-order valence-electron chi connectivity index (χ1n) is 10.0. The second kappa shape index (κ2) is 7.47. The van der Waals surface area contributed by atoms with Crippen LogP contribution in [0.25, 0.3) is 10.9 Å². The average Bonchev–Trinajstić information content (AvgIpc) is 2.71. The Morgan fingerprint density at radius 3 is 2.89 bits per heavy atom. The first kappa shape index (κ1) is 18.2. The van der Waals surface area contributed by atoms with Gasteiger partial charge in [0, 0.05) is 42.8 Å². The van der Waals surface area contributed by atoms with Gasteiger partial charge >= 0.3 is 5.97 Å². The van der Waals surface area contributed by atoms with Crippen LogP contribution in [0.4, 0.5) is 0 Å². The van der Waals surface area contributed by atoms with Crippen molar-refractivity contribution in [2.75, 3.05) is 20.2 Å². The highest BCUT2D eigenvalue weighted by atomic mass is 16.5. The minimum absolute atomic E-state index is 0.220. The fourth-order valence-electron chi connectivity index (χ4n) is 5.23. The zero-order valence-corrected chi connectivity index (χ0v) is 16.4. The molecule has 2 aromatic rings. The van der Waals surface area contributed by atoms with Gasteiger partial charge in [0.25, 0.3) is 0 Å². The molecule has 0 spiro atoms. The maximum Gasteiger partial charge on any atom is 0.303 e. The molecule has 27 heavy (non-hydrogen) atoms. The molecule has 1 aromatic carbocycles. The van der Waals surface area contributed by atoms with E-state index in [1.807, 2.05) is 30.5 Å². The number of fused-ring (bicyclic) bond motifs is 4. The number of rotatable bonds is 5. The van der Waals surface area contributed by atoms with Crippen LogP contribution >= 0.6 is 0 Å². The summed E-state index contributed by atoms with van der Waals surface area (Å²) in [7, 11) is 1.67. The summed E-state index contributed by atoms with van der Waals surface area (Å²) in [5.74, 6) is 2.12. The van der Waals surface area contributed by atoms with E-state index in [0.29, 0.717) is 6.04 Å². The predicted molar refractivity (Wildman–Crippen MR) is 104 cm³/mol. The normalized spacial score (nSPS) is 28.1. The van der Waals surface area contributed by atoms with Crippen LogP contribution in [0, 0.1) is 11.8 Å². The number of methoxy groups -OCH3 is 1. The summed E-state index contributed by atoms with van der Waals surface area (Å²) in [6, 6.07) is 8.22. The number of esters is 1. The van der Waals surface area contributed by atoms with Gasteiger partial charge in [0.15, 0.2) is 6.10 Å². The quantitative estimate of drug-likeness (QED) is 0.823. The molecule has 0 radical (unpaired) electrons. The Hall–Kier alpha value is -2.14. The van der Waals surface area contributed by atoms with Gasteiger partial charge in [-0.1, -0.05) is 6.92 Å². The molecule has 0 saturated carbocycles. The number of quaternary nitrogens is 1. The lowest BCUT2D eigenvalue weighted by Crippen LogP contribution is -3.20. The van der Waals surface area contributed by atoms with Crippen LogP contribution in [0.3, 0.4) is 0 Å². The van der Waals surface area contributed by atoms with Gasteiger partial charge in [-0.15, -0.1) is 0 Å². The summed E-state index contributed by atoms with van der Waals surface area (Å²) in [6.07, 6.45) is 5.24. The number of piperidine rings is 3. The largest absolute Gasteiger partial charge is 0.497 e. The fraction of sp³-hybridized carbons (Fsp3) is 0.545. The van der Waals surface area contributed by atoms with Crippen molar-refractivity contribution in [3.8, 4) is 5.75 Å². The zero-order chi connectivity index (χ0) is 19.0. The number of carbonyl (C=O) groups excluding carboxylic acids is 1. The Morgan fingerprint density at radius 2 is 2.22 bits per heavy atom. The molecule has 3 fully saturated rings. The average molecular weight is 369 g/mol. The number of aromatic nitrogens is 1. The molecule has 4 heterocycles. The van der Waals surface area contributed by atoms with E-state index in [0.717, 1.165) is 40.5 Å². The van der Waals surface area contributed by atoms with Gasteiger partial charge in [-0.25, -0.2) is 0 Å². The lowest BCUT2D eigenvalue weighted by molar-refractivity contribution is -0.950. The van der Waals surface area contributed by atoms with E-state index in [1.165, 1.54) is 32.9 Å². The van der Waals surface area contributed by atoms with E-state index in [2.05, 4.69) is 11.9 Å². The molecule has 5 rings (SSSR count). The number of hydrogen-bond donors (Lipinski definition) is 1. The Kier molecular flexibility index (Phi) is 5.04. The second-order valence-electron chi connectivity index (χ2n) is 7.98. The molecule has 3 aliphatic heterocycles. The molecule has 0 aliphatic carbocycles. The van der Waals surface area contributed by atoms with E-state index in [9.17, 15) is 4.79 Å². The van der Waals surface area contributed by atoms with E-state index in [4.69, 9.17) is 9.47 Å². The molecule has 2 bridgehead atoms. The number of carbonyl (C=O) groups is 1. The summed E-state index contributed by atoms with van der Waals surface area (Å²) in [5.41, 5.74) is 1.95. The van der Waals surface area contributed by atoms with E-state index in [1.54, 1.807) is 12.0 Å². The Balaban J connectivity index is 1.75. The minimum atomic E-state index is -0.240. The van der Waals surface area contributed by atoms with Crippen molar-refractivity contribution < 1.29 is 19.2 Å². The van der Waals surface area contributed by atoms with Crippen molar-refractivity contribution in [1.82, 2.24) is 4.98 Å². The molecule has 144 valence electrons. The maximum atomic E-state index is 12.0. The highest BCUT2D eigenvalue weighted by molar-refractivity contribution is 5.84. The molecule has 5 nitrogen and oxygen atoms in total. The Bertz CT molecular complexity index is 837. The summed E-state index contributed by atoms with van der Waals surface area (Å²) in [5, 5.41) is 1.01. The Morgan fingerprint density at radius 1 is 1.37 bits per heavy atom. The summed E-state index contributed by atoms with van der Waals surface area (Å²) >= 11 is 0. The third-order valence-corrected chi connectivity index (χ3v) is 6.58. The van der Waals surface area contributed by atoms with Gasteiger partial charge in [-0.2, -0.15) is 0 Å². The summed E-state index contributed by atoms with van der Waals surface area (Å²) in [4.78, 5) is 18.1. The molecule has 3 aliphatic rings. The fourth-order valence-corrected chi connectivity index (χ4v) is 5.23. The van der Waals surface area contributed by atoms with Crippen LogP contribution in [0.5, 0.6) is 5.75 Å². The first-order chi connectivity index (χ1) is 13.1. The van der Waals surface area contributed by atoms with Gasteiger partial charge in [0.2, 0.25) is 0 Å². The zero-order valence-electron chi connectivity index (χ0n) is 16.4. The number of benzene rings is 1. The van der Waals surface area contributed by atoms with Crippen LogP contribution in [-0.4, -0.2) is 37.2 Å². The molecular formula is C22H29N2O3+. The van der Waals surface area contributed by atoms with Gasteiger partial charge in [-0.05, 0) is 36.6 Å². The van der Waals surface area contributed by atoms with Crippen molar-refractivity contribution in [3.05, 3.63) is 36.0 Å². The maximum absolute atomic E-state index is 12.0. The van der Waals surface area contributed by atoms with E-state index in [-0.39, 0.29) is 12.1 Å². The van der Waals surface area contributed by atoms with Crippen LogP contribution in [0.15, 0.2) is 30.5 Å². The van der Waals surface area contributed by atoms with Gasteiger partial charge in [-0.3, -0.25) is 9.78 Å². The van der Waals surface area contributed by atoms with Crippen LogP contribution in [0.2, 0.25) is 0 Å². The van der Waals surface area contributed by atoms with Crippen molar-refractivity contribution in [2.45, 2.75) is 45.3 Å². The topological polar surface area (TPSA) is 52.9 Å². The molecule has 0 amide bonds. The third-order valence-electron chi connectivity index (χ3n) is 6.58. The Labute approximate surface area is 160 Å². The molecule has 5 heteroatoms. The standard InChI is InChI=1S/C22H28N2O3/c1-4-15-13-24-10-8-16(15)11-21(24)22(27-14(2)25)18-7-9-23-20-6-5-17(26-3)12-19(18)20/h5-7,9,12,15-16,21-22H,4,8,10-11,13H2,1-3H3/p+1/t15-,16-,21-,22+/m1/s1. The van der Waals surface area contributed by atoms with Crippen molar-refractivity contribution >= 4 is 16.9 Å². The van der Waals surface area contributed by atoms with Crippen molar-refractivity contribution in [3.63, 3.8) is 0 Å². The minimum Gasteiger partial charge on any atom is -0.497 e. The first-order valence-corrected chi connectivity index (χ1v) is 10.0. The van der Waals surface area contributed by atoms with Crippen LogP contribution < -0.4 is 9.64 Å². The lowest BCUT2D eigenvalue weighted by atomic mass is 9.72. The molecule has 5 atom stereocenters.